The number of carbonyl (C=O) groups is 1. The van der Waals surface area contributed by atoms with Crippen molar-refractivity contribution in [3.8, 4) is 0 Å². The van der Waals surface area contributed by atoms with Crippen LogP contribution in [-0.4, -0.2) is 5.91 Å². The van der Waals surface area contributed by atoms with Crippen LogP contribution in [-0.2, 0) is 4.79 Å². The van der Waals surface area contributed by atoms with Gasteiger partial charge in [-0.15, -0.1) is 0 Å². The molecule has 1 aliphatic carbocycles. The van der Waals surface area contributed by atoms with E-state index in [4.69, 9.17) is 0 Å². The van der Waals surface area contributed by atoms with Crippen molar-refractivity contribution in [1.82, 2.24) is 0 Å². The van der Waals surface area contributed by atoms with E-state index in [0.717, 1.165) is 23.5 Å². The maximum atomic E-state index is 12.4. The molecule has 1 amide bonds. The molecule has 2 atom stereocenters. The highest BCUT2D eigenvalue weighted by Gasteiger charge is 2.43. The summed E-state index contributed by atoms with van der Waals surface area (Å²) < 4.78 is 0. The zero-order valence-corrected chi connectivity index (χ0v) is 14.2. The molecule has 1 aliphatic rings. The lowest BCUT2D eigenvalue weighted by Crippen LogP contribution is -2.14. The molecule has 3 aromatic carbocycles. The van der Waals surface area contributed by atoms with Gasteiger partial charge in [0.25, 0.3) is 0 Å². The molecule has 0 bridgehead atoms. The highest BCUT2D eigenvalue weighted by Crippen LogP contribution is 2.47. The lowest BCUT2D eigenvalue weighted by Gasteiger charge is -2.05. The predicted octanol–water partition coefficient (Wildman–Crippen LogP) is 5.84. The Balaban J connectivity index is 1.35. The zero-order chi connectivity index (χ0) is 17.8. The van der Waals surface area contributed by atoms with Gasteiger partial charge in [-0.1, -0.05) is 48.5 Å². The number of hydrogen-bond donors (Lipinski definition) is 1. The lowest BCUT2D eigenvalue weighted by atomic mass is 10.1. The first-order valence-electron chi connectivity index (χ1n) is 8.72. The maximum absolute atomic E-state index is 12.4. The van der Waals surface area contributed by atoms with E-state index >= 15 is 0 Å². The van der Waals surface area contributed by atoms with Crippen LogP contribution in [0.5, 0.6) is 0 Å². The van der Waals surface area contributed by atoms with Crippen molar-refractivity contribution in [3.05, 3.63) is 90.5 Å². The SMILES string of the molecule is O=C(Nc1ccc(N=Nc2ccccc2)cc1)[C@@H]1C[C@H]1c1ccccc1. The fourth-order valence-electron chi connectivity index (χ4n) is 3.01. The van der Waals surface area contributed by atoms with E-state index in [1.807, 2.05) is 72.8 Å². The Morgan fingerprint density at radius 1 is 0.769 bits per heavy atom. The minimum atomic E-state index is 0.0647. The van der Waals surface area contributed by atoms with Gasteiger partial charge in [0.15, 0.2) is 0 Å². The summed E-state index contributed by atoms with van der Waals surface area (Å²) >= 11 is 0. The average Bonchev–Trinajstić information content (AvgIpc) is 3.50. The van der Waals surface area contributed by atoms with E-state index in [1.165, 1.54) is 5.56 Å². The van der Waals surface area contributed by atoms with Crippen LogP contribution in [0.3, 0.4) is 0 Å². The first-order valence-corrected chi connectivity index (χ1v) is 8.72. The third-order valence-electron chi connectivity index (χ3n) is 4.53. The van der Waals surface area contributed by atoms with Crippen LogP contribution in [0.2, 0.25) is 0 Å². The molecule has 0 radical (unpaired) electrons. The van der Waals surface area contributed by atoms with Crippen LogP contribution in [0.1, 0.15) is 17.9 Å². The Kier molecular flexibility index (Phi) is 4.56. The van der Waals surface area contributed by atoms with Crippen LogP contribution >= 0.6 is 0 Å². The molecule has 1 N–H and O–H groups in total. The monoisotopic (exact) mass is 341 g/mol. The molecule has 0 aliphatic heterocycles. The molecule has 3 aromatic rings. The molecular formula is C22H19N3O. The van der Waals surface area contributed by atoms with E-state index in [0.29, 0.717) is 5.92 Å². The standard InChI is InChI=1S/C22H19N3O/c26-22(21-15-20(21)16-7-3-1-4-8-16)23-17-11-13-19(14-12-17)25-24-18-9-5-2-6-10-18/h1-14,20-21H,15H2,(H,23,26)/t20-,21+/m0/s1. The minimum Gasteiger partial charge on any atom is -0.326 e. The quantitative estimate of drug-likeness (QED) is 0.582. The van der Waals surface area contributed by atoms with Crippen molar-refractivity contribution in [2.45, 2.75) is 12.3 Å². The molecule has 4 nitrogen and oxygen atoms in total. The average molecular weight is 341 g/mol. The summed E-state index contributed by atoms with van der Waals surface area (Å²) in [5.74, 6) is 0.488. The van der Waals surface area contributed by atoms with Gasteiger partial charge in [-0.05, 0) is 54.3 Å². The molecule has 0 unspecified atom stereocenters. The summed E-state index contributed by atoms with van der Waals surface area (Å²) in [5.41, 5.74) is 3.59. The van der Waals surface area contributed by atoms with Crippen LogP contribution in [0.15, 0.2) is 95.2 Å². The molecule has 0 saturated heterocycles. The van der Waals surface area contributed by atoms with Gasteiger partial charge in [0.05, 0.1) is 11.4 Å². The van der Waals surface area contributed by atoms with E-state index in [9.17, 15) is 4.79 Å². The fraction of sp³-hybridized carbons (Fsp3) is 0.136. The predicted molar refractivity (Wildman–Crippen MR) is 103 cm³/mol. The van der Waals surface area contributed by atoms with Gasteiger partial charge >= 0.3 is 0 Å². The molecular weight excluding hydrogens is 322 g/mol. The summed E-state index contributed by atoms with van der Waals surface area (Å²) in [5, 5.41) is 11.4. The van der Waals surface area contributed by atoms with Gasteiger partial charge < -0.3 is 5.32 Å². The number of azo groups is 1. The minimum absolute atomic E-state index is 0.0647. The second-order valence-electron chi connectivity index (χ2n) is 6.43. The number of rotatable bonds is 5. The van der Waals surface area contributed by atoms with E-state index in [2.05, 4.69) is 27.7 Å². The Labute approximate surface area is 152 Å². The van der Waals surface area contributed by atoms with Crippen molar-refractivity contribution in [2.24, 2.45) is 16.1 Å². The molecule has 4 rings (SSSR count). The number of nitrogens with zero attached hydrogens (tertiary/aromatic N) is 2. The summed E-state index contributed by atoms with van der Waals surface area (Å²) in [4.78, 5) is 12.4. The molecule has 0 aromatic heterocycles. The van der Waals surface area contributed by atoms with Crippen LogP contribution in [0.4, 0.5) is 17.1 Å². The number of benzene rings is 3. The molecule has 1 saturated carbocycles. The first kappa shape index (κ1) is 16.2. The van der Waals surface area contributed by atoms with Crippen molar-refractivity contribution < 1.29 is 4.79 Å². The third kappa shape index (κ3) is 3.86. The number of amides is 1. The smallest absolute Gasteiger partial charge is 0.228 e. The number of anilines is 1. The molecule has 4 heteroatoms. The number of nitrogens with one attached hydrogen (secondary N) is 1. The van der Waals surface area contributed by atoms with Gasteiger partial charge in [-0.2, -0.15) is 10.2 Å². The van der Waals surface area contributed by atoms with Crippen molar-refractivity contribution in [1.29, 1.82) is 0 Å². The van der Waals surface area contributed by atoms with Crippen LogP contribution in [0.25, 0.3) is 0 Å². The highest BCUT2D eigenvalue weighted by atomic mass is 16.2. The van der Waals surface area contributed by atoms with Crippen molar-refractivity contribution in [2.75, 3.05) is 5.32 Å². The second kappa shape index (κ2) is 7.31. The summed E-state index contributed by atoms with van der Waals surface area (Å²) in [6, 6.07) is 27.2. The van der Waals surface area contributed by atoms with E-state index in [-0.39, 0.29) is 11.8 Å². The maximum Gasteiger partial charge on any atom is 0.228 e. The normalized spacial score (nSPS) is 18.6. The van der Waals surface area contributed by atoms with Crippen molar-refractivity contribution >= 4 is 23.0 Å². The first-order chi connectivity index (χ1) is 12.8. The Morgan fingerprint density at radius 2 is 1.35 bits per heavy atom. The highest BCUT2D eigenvalue weighted by molar-refractivity contribution is 5.95. The van der Waals surface area contributed by atoms with Crippen molar-refractivity contribution in [3.63, 3.8) is 0 Å². The largest absolute Gasteiger partial charge is 0.326 e. The molecule has 1 fully saturated rings. The Morgan fingerprint density at radius 3 is 2.00 bits per heavy atom. The van der Waals surface area contributed by atoms with E-state index in [1.54, 1.807) is 0 Å². The van der Waals surface area contributed by atoms with Crippen LogP contribution in [0, 0.1) is 5.92 Å². The summed E-state index contributed by atoms with van der Waals surface area (Å²) in [6.07, 6.45) is 0.916. The number of hydrogen-bond acceptors (Lipinski definition) is 3. The fourth-order valence-corrected chi connectivity index (χ4v) is 3.01. The topological polar surface area (TPSA) is 53.8 Å². The molecule has 0 spiro atoms. The number of carbonyl (C=O) groups excluding carboxylic acids is 1. The van der Waals surface area contributed by atoms with Gasteiger partial charge in [-0.25, -0.2) is 0 Å². The van der Waals surface area contributed by atoms with Gasteiger partial charge in [-0.3, -0.25) is 4.79 Å². The van der Waals surface area contributed by atoms with Gasteiger partial charge in [0.2, 0.25) is 5.91 Å². The zero-order valence-electron chi connectivity index (χ0n) is 14.2. The molecule has 128 valence electrons. The molecule has 26 heavy (non-hydrogen) atoms. The Bertz CT molecular complexity index is 905. The third-order valence-corrected chi connectivity index (χ3v) is 4.53. The van der Waals surface area contributed by atoms with E-state index < -0.39 is 0 Å². The summed E-state index contributed by atoms with van der Waals surface area (Å²) in [7, 11) is 0. The van der Waals surface area contributed by atoms with Gasteiger partial charge in [0, 0.05) is 11.6 Å². The van der Waals surface area contributed by atoms with Gasteiger partial charge in [0.1, 0.15) is 0 Å². The molecule has 0 heterocycles. The Hall–Kier alpha value is -3.27. The van der Waals surface area contributed by atoms with Crippen LogP contribution < -0.4 is 5.32 Å². The summed E-state index contributed by atoms with van der Waals surface area (Å²) in [6.45, 7) is 0. The second-order valence-corrected chi connectivity index (χ2v) is 6.43. The lowest BCUT2D eigenvalue weighted by molar-refractivity contribution is -0.117.